The number of nitrogens with one attached hydrogen (secondary N) is 1. The Bertz CT molecular complexity index is 376. The first-order valence-corrected chi connectivity index (χ1v) is 9.08. The lowest BCUT2D eigenvalue weighted by Gasteiger charge is -2.42. The Morgan fingerprint density at radius 1 is 1.33 bits per heavy atom. The third-order valence-corrected chi connectivity index (χ3v) is 5.12. The summed E-state index contributed by atoms with van der Waals surface area (Å²) in [7, 11) is -2.86. The predicted octanol–water partition coefficient (Wildman–Crippen LogP) is 0.739. The second kappa shape index (κ2) is 5.47. The Hall–Kier alpha value is -0.130. The smallest absolute Gasteiger partial charge is 0.148 e. The van der Waals surface area contributed by atoms with Gasteiger partial charge in [0.2, 0.25) is 0 Å². The minimum atomic E-state index is -2.86. The lowest BCUT2D eigenvalue weighted by Crippen LogP contribution is -2.59. The van der Waals surface area contributed by atoms with Crippen molar-refractivity contribution in [2.75, 3.05) is 31.6 Å². The van der Waals surface area contributed by atoms with Gasteiger partial charge >= 0.3 is 0 Å². The van der Waals surface area contributed by atoms with Crippen LogP contribution in [0.3, 0.4) is 0 Å². The van der Waals surface area contributed by atoms with Crippen molar-refractivity contribution in [1.82, 2.24) is 10.2 Å². The molecule has 0 spiro atoms. The fourth-order valence-corrected chi connectivity index (χ4v) is 3.43. The molecular formula is C13H26N2O2S. The Morgan fingerprint density at radius 3 is 2.50 bits per heavy atom. The summed E-state index contributed by atoms with van der Waals surface area (Å²) in [6, 6.07) is 1.06. The van der Waals surface area contributed by atoms with E-state index in [1.54, 1.807) is 0 Å². The predicted molar refractivity (Wildman–Crippen MR) is 74.4 cm³/mol. The van der Waals surface area contributed by atoms with E-state index in [9.17, 15) is 8.42 Å². The van der Waals surface area contributed by atoms with Gasteiger partial charge in [-0.2, -0.15) is 0 Å². The highest BCUT2D eigenvalue weighted by Gasteiger charge is 2.37. The number of hydrogen-bond donors (Lipinski definition) is 1. The molecule has 0 aromatic carbocycles. The summed E-state index contributed by atoms with van der Waals surface area (Å²) < 4.78 is 22.7. The van der Waals surface area contributed by atoms with Crippen LogP contribution in [0.25, 0.3) is 0 Å². The fourth-order valence-electron chi connectivity index (χ4n) is 2.87. The van der Waals surface area contributed by atoms with Crippen molar-refractivity contribution in [3.8, 4) is 0 Å². The summed E-state index contributed by atoms with van der Waals surface area (Å²) in [5, 5.41) is 3.65. The Kier molecular flexibility index (Phi) is 4.34. The minimum absolute atomic E-state index is 0.285. The molecule has 1 aliphatic carbocycles. The van der Waals surface area contributed by atoms with E-state index in [2.05, 4.69) is 24.1 Å². The van der Waals surface area contributed by atoms with Gasteiger partial charge in [0, 0.05) is 38.0 Å². The van der Waals surface area contributed by atoms with E-state index in [0.29, 0.717) is 24.5 Å². The summed E-state index contributed by atoms with van der Waals surface area (Å²) in [6.07, 6.45) is 4.01. The van der Waals surface area contributed by atoms with Crippen molar-refractivity contribution in [3.63, 3.8) is 0 Å². The van der Waals surface area contributed by atoms with Crippen molar-refractivity contribution in [3.05, 3.63) is 0 Å². The second-order valence-electron chi connectivity index (χ2n) is 6.29. The van der Waals surface area contributed by atoms with Crippen molar-refractivity contribution >= 4 is 9.84 Å². The van der Waals surface area contributed by atoms with Crippen LogP contribution < -0.4 is 5.32 Å². The molecule has 2 unspecified atom stereocenters. The van der Waals surface area contributed by atoms with Gasteiger partial charge in [0.15, 0.2) is 0 Å². The van der Waals surface area contributed by atoms with Gasteiger partial charge < -0.3 is 5.32 Å². The van der Waals surface area contributed by atoms with Gasteiger partial charge in [0.05, 0.1) is 5.75 Å². The van der Waals surface area contributed by atoms with E-state index < -0.39 is 9.84 Å². The van der Waals surface area contributed by atoms with Crippen LogP contribution in [-0.4, -0.2) is 57.0 Å². The monoisotopic (exact) mass is 274 g/mol. The number of sulfone groups is 1. The minimum Gasteiger partial charge on any atom is -0.311 e. The molecule has 2 atom stereocenters. The quantitative estimate of drug-likeness (QED) is 0.803. The molecule has 5 heteroatoms. The highest BCUT2D eigenvalue weighted by atomic mass is 32.2. The topological polar surface area (TPSA) is 49.4 Å². The first-order chi connectivity index (χ1) is 8.37. The average molecular weight is 274 g/mol. The summed E-state index contributed by atoms with van der Waals surface area (Å²) >= 11 is 0. The lowest BCUT2D eigenvalue weighted by atomic mass is 9.97. The Morgan fingerprint density at radius 2 is 2.00 bits per heavy atom. The summed E-state index contributed by atoms with van der Waals surface area (Å²) in [6.45, 7) is 7.15. The number of nitrogens with zero attached hydrogens (tertiary/aromatic N) is 1. The summed E-state index contributed by atoms with van der Waals surface area (Å²) in [5.41, 5.74) is 0. The molecular weight excluding hydrogens is 248 g/mol. The first-order valence-electron chi connectivity index (χ1n) is 7.02. The molecule has 18 heavy (non-hydrogen) atoms. The molecule has 0 aromatic heterocycles. The molecule has 1 N–H and O–H groups in total. The molecule has 2 fully saturated rings. The van der Waals surface area contributed by atoms with Crippen LogP contribution in [0, 0.1) is 11.8 Å². The summed E-state index contributed by atoms with van der Waals surface area (Å²) in [4.78, 5) is 2.39. The molecule has 0 radical (unpaired) electrons. The van der Waals surface area contributed by atoms with Gasteiger partial charge in [-0.25, -0.2) is 8.42 Å². The maximum Gasteiger partial charge on any atom is 0.148 e. The van der Waals surface area contributed by atoms with Crippen molar-refractivity contribution in [2.45, 2.75) is 38.8 Å². The molecule has 2 aliphatic rings. The third kappa shape index (κ3) is 3.93. The van der Waals surface area contributed by atoms with Crippen LogP contribution in [0.2, 0.25) is 0 Å². The van der Waals surface area contributed by atoms with Gasteiger partial charge in [0.25, 0.3) is 0 Å². The van der Waals surface area contributed by atoms with Crippen LogP contribution in [0.15, 0.2) is 0 Å². The van der Waals surface area contributed by atoms with E-state index in [1.165, 1.54) is 19.1 Å². The highest BCUT2D eigenvalue weighted by Crippen LogP contribution is 2.34. The average Bonchev–Trinajstić information content (AvgIpc) is 3.08. The Labute approximate surface area is 111 Å². The third-order valence-electron chi connectivity index (χ3n) is 4.20. The molecule has 1 saturated heterocycles. The van der Waals surface area contributed by atoms with E-state index in [-0.39, 0.29) is 5.75 Å². The zero-order valence-corrected chi connectivity index (χ0v) is 12.5. The summed E-state index contributed by atoms with van der Waals surface area (Å²) in [5.74, 6) is 1.68. The maximum atomic E-state index is 11.3. The van der Waals surface area contributed by atoms with Crippen LogP contribution in [-0.2, 0) is 9.84 Å². The van der Waals surface area contributed by atoms with Crippen molar-refractivity contribution in [1.29, 1.82) is 0 Å². The van der Waals surface area contributed by atoms with Gasteiger partial charge in [-0.1, -0.05) is 13.8 Å². The molecule has 1 saturated carbocycles. The highest BCUT2D eigenvalue weighted by molar-refractivity contribution is 7.90. The molecule has 0 bridgehead atoms. The molecule has 4 nitrogen and oxygen atoms in total. The van der Waals surface area contributed by atoms with Gasteiger partial charge in [0.1, 0.15) is 9.84 Å². The number of piperazine rings is 1. The SMILES string of the molecule is CC(C)C1CNC(C2CC2)CN1CCS(C)(=O)=O. The zero-order valence-electron chi connectivity index (χ0n) is 11.7. The van der Waals surface area contributed by atoms with Crippen molar-refractivity contribution < 1.29 is 8.42 Å². The molecule has 0 aromatic rings. The fraction of sp³-hybridized carbons (Fsp3) is 1.00. The van der Waals surface area contributed by atoms with Gasteiger partial charge in [-0.05, 0) is 24.7 Å². The lowest BCUT2D eigenvalue weighted by molar-refractivity contribution is 0.0988. The molecule has 0 amide bonds. The van der Waals surface area contributed by atoms with E-state index >= 15 is 0 Å². The number of hydrogen-bond acceptors (Lipinski definition) is 4. The first kappa shape index (κ1) is 14.3. The van der Waals surface area contributed by atoms with Crippen molar-refractivity contribution in [2.24, 2.45) is 11.8 Å². The van der Waals surface area contributed by atoms with Crippen LogP contribution in [0.4, 0.5) is 0 Å². The largest absolute Gasteiger partial charge is 0.311 e. The zero-order chi connectivity index (χ0) is 13.3. The van der Waals surface area contributed by atoms with Crippen LogP contribution in [0.1, 0.15) is 26.7 Å². The number of rotatable bonds is 5. The maximum absolute atomic E-state index is 11.3. The molecule has 2 rings (SSSR count). The van der Waals surface area contributed by atoms with Crippen LogP contribution in [0.5, 0.6) is 0 Å². The molecule has 1 aliphatic heterocycles. The van der Waals surface area contributed by atoms with Gasteiger partial charge in [-0.15, -0.1) is 0 Å². The molecule has 106 valence electrons. The second-order valence-corrected chi connectivity index (χ2v) is 8.55. The van der Waals surface area contributed by atoms with E-state index in [4.69, 9.17) is 0 Å². The normalized spacial score (nSPS) is 30.9. The van der Waals surface area contributed by atoms with Gasteiger partial charge in [-0.3, -0.25) is 4.90 Å². The Balaban J connectivity index is 1.95. The van der Waals surface area contributed by atoms with E-state index in [0.717, 1.165) is 19.0 Å². The standard InChI is InChI=1S/C13H26N2O2S/c1-10(2)13-8-14-12(11-4-5-11)9-15(13)6-7-18(3,16)17/h10-14H,4-9H2,1-3H3. The van der Waals surface area contributed by atoms with E-state index in [1.807, 2.05) is 0 Å². The molecule has 1 heterocycles. The van der Waals surface area contributed by atoms with Crippen LogP contribution >= 0.6 is 0 Å².